The van der Waals surface area contributed by atoms with Crippen molar-refractivity contribution in [2.75, 3.05) is 12.3 Å². The first-order valence-electron chi connectivity index (χ1n) is 5.80. The molecule has 0 aromatic carbocycles. The highest BCUT2D eigenvalue weighted by molar-refractivity contribution is 5.76. The normalized spacial score (nSPS) is 12.4. The second-order valence-electron chi connectivity index (χ2n) is 4.53. The summed E-state index contributed by atoms with van der Waals surface area (Å²) < 4.78 is 1.24. The van der Waals surface area contributed by atoms with E-state index in [2.05, 4.69) is 5.32 Å². The molecule has 100 valence electrons. The second kappa shape index (κ2) is 6.20. The fourth-order valence-electron chi connectivity index (χ4n) is 1.50. The third-order valence-corrected chi connectivity index (χ3v) is 2.67. The average Bonchev–Trinajstić information content (AvgIpc) is 2.30. The molecule has 6 nitrogen and oxygen atoms in total. The number of nitrogens with zero attached hydrogens (tertiary/aromatic N) is 1. The van der Waals surface area contributed by atoms with Crippen LogP contribution in [0.15, 0.2) is 23.1 Å². The fourth-order valence-corrected chi connectivity index (χ4v) is 1.50. The van der Waals surface area contributed by atoms with E-state index in [9.17, 15) is 9.59 Å². The van der Waals surface area contributed by atoms with Crippen molar-refractivity contribution in [3.8, 4) is 0 Å². The van der Waals surface area contributed by atoms with Crippen LogP contribution in [0.3, 0.4) is 0 Å². The van der Waals surface area contributed by atoms with Crippen molar-refractivity contribution in [2.24, 2.45) is 5.92 Å². The van der Waals surface area contributed by atoms with Crippen LogP contribution in [-0.4, -0.2) is 28.2 Å². The Morgan fingerprint density at radius 3 is 2.72 bits per heavy atom. The van der Waals surface area contributed by atoms with Gasteiger partial charge < -0.3 is 20.7 Å². The molecule has 0 radical (unpaired) electrons. The van der Waals surface area contributed by atoms with Crippen LogP contribution in [0.2, 0.25) is 0 Å². The lowest BCUT2D eigenvalue weighted by Crippen LogP contribution is -2.43. The Morgan fingerprint density at radius 1 is 1.50 bits per heavy atom. The predicted octanol–water partition coefficient (Wildman–Crippen LogP) is -0.436. The molecule has 1 amide bonds. The maximum Gasteiger partial charge on any atom is 0.251 e. The first-order valence-corrected chi connectivity index (χ1v) is 5.80. The Morgan fingerprint density at radius 2 is 2.17 bits per heavy atom. The molecule has 0 bridgehead atoms. The summed E-state index contributed by atoms with van der Waals surface area (Å²) in [5.74, 6) is -0.202. The SMILES string of the molecule is CC(C)[C@@H](CO)NC(=O)Cn1cc(N)ccc1=O. The number of nitrogens with two attached hydrogens (primary N) is 1. The van der Waals surface area contributed by atoms with Gasteiger partial charge in [-0.15, -0.1) is 0 Å². The second-order valence-corrected chi connectivity index (χ2v) is 4.53. The van der Waals surface area contributed by atoms with E-state index in [0.717, 1.165) is 0 Å². The molecule has 0 aliphatic rings. The van der Waals surface area contributed by atoms with E-state index in [1.165, 1.54) is 22.9 Å². The summed E-state index contributed by atoms with van der Waals surface area (Å²) in [5, 5.41) is 11.8. The number of aliphatic hydroxyl groups excluding tert-OH is 1. The van der Waals surface area contributed by atoms with E-state index in [4.69, 9.17) is 10.8 Å². The van der Waals surface area contributed by atoms with E-state index in [-0.39, 0.29) is 36.6 Å². The van der Waals surface area contributed by atoms with Crippen LogP contribution in [0.5, 0.6) is 0 Å². The zero-order chi connectivity index (χ0) is 13.7. The molecule has 0 unspecified atom stereocenters. The van der Waals surface area contributed by atoms with Crippen molar-refractivity contribution < 1.29 is 9.90 Å². The number of nitrogens with one attached hydrogen (secondary N) is 1. The standard InChI is InChI=1S/C12H19N3O3/c1-8(2)10(7-16)14-11(17)6-15-5-9(13)3-4-12(15)18/h3-5,8,10,16H,6-7,13H2,1-2H3,(H,14,17)/t10-/m1/s1. The minimum Gasteiger partial charge on any atom is -0.398 e. The Hall–Kier alpha value is -1.82. The van der Waals surface area contributed by atoms with Gasteiger partial charge in [0.2, 0.25) is 5.91 Å². The minimum atomic E-state index is -0.324. The van der Waals surface area contributed by atoms with Crippen LogP contribution in [0, 0.1) is 5.92 Å². The van der Waals surface area contributed by atoms with E-state index in [0.29, 0.717) is 5.69 Å². The predicted molar refractivity (Wildman–Crippen MR) is 69.0 cm³/mol. The molecule has 0 aliphatic carbocycles. The number of carbonyl (C=O) groups excluding carboxylic acids is 1. The number of carbonyl (C=O) groups is 1. The number of pyridine rings is 1. The molecule has 6 heteroatoms. The quantitative estimate of drug-likeness (QED) is 0.663. The molecule has 1 aromatic heterocycles. The van der Waals surface area contributed by atoms with Crippen molar-refractivity contribution in [3.05, 3.63) is 28.7 Å². The van der Waals surface area contributed by atoms with Crippen molar-refractivity contribution in [3.63, 3.8) is 0 Å². The molecule has 0 fully saturated rings. The number of hydrogen-bond acceptors (Lipinski definition) is 4. The van der Waals surface area contributed by atoms with Crippen molar-refractivity contribution in [2.45, 2.75) is 26.4 Å². The number of nitrogen functional groups attached to an aromatic ring is 1. The van der Waals surface area contributed by atoms with E-state index >= 15 is 0 Å². The topological polar surface area (TPSA) is 97.3 Å². The summed E-state index contributed by atoms with van der Waals surface area (Å²) in [6.45, 7) is 3.56. The zero-order valence-corrected chi connectivity index (χ0v) is 10.6. The van der Waals surface area contributed by atoms with Crippen LogP contribution in [-0.2, 0) is 11.3 Å². The van der Waals surface area contributed by atoms with Gasteiger partial charge in [-0.1, -0.05) is 13.8 Å². The monoisotopic (exact) mass is 253 g/mol. The van der Waals surface area contributed by atoms with Crippen LogP contribution in [0.1, 0.15) is 13.8 Å². The third-order valence-electron chi connectivity index (χ3n) is 2.67. The van der Waals surface area contributed by atoms with Gasteiger partial charge >= 0.3 is 0 Å². The lowest BCUT2D eigenvalue weighted by molar-refractivity contribution is -0.123. The molecule has 18 heavy (non-hydrogen) atoms. The van der Waals surface area contributed by atoms with E-state index < -0.39 is 0 Å². The van der Waals surface area contributed by atoms with Crippen LogP contribution in [0.25, 0.3) is 0 Å². The summed E-state index contributed by atoms with van der Waals surface area (Å²) in [5.41, 5.74) is 5.68. The molecular formula is C12H19N3O3. The van der Waals surface area contributed by atoms with Gasteiger partial charge in [-0.2, -0.15) is 0 Å². The molecule has 0 saturated carbocycles. The maximum absolute atomic E-state index is 11.7. The summed E-state index contributed by atoms with van der Waals surface area (Å²) in [6.07, 6.45) is 1.42. The van der Waals surface area contributed by atoms with Gasteiger partial charge in [0.15, 0.2) is 0 Å². The molecule has 1 rings (SSSR count). The van der Waals surface area contributed by atoms with Crippen LogP contribution < -0.4 is 16.6 Å². The van der Waals surface area contributed by atoms with Gasteiger partial charge in [0.25, 0.3) is 5.56 Å². The van der Waals surface area contributed by atoms with Crippen molar-refractivity contribution in [1.82, 2.24) is 9.88 Å². The number of aliphatic hydroxyl groups is 1. The summed E-state index contributed by atoms with van der Waals surface area (Å²) in [7, 11) is 0. The largest absolute Gasteiger partial charge is 0.398 e. The third kappa shape index (κ3) is 3.89. The first-order chi connectivity index (χ1) is 8.43. The van der Waals surface area contributed by atoms with Gasteiger partial charge in [0.05, 0.1) is 12.6 Å². The minimum absolute atomic E-state index is 0.104. The Bertz CT molecular complexity index is 468. The van der Waals surface area contributed by atoms with Gasteiger partial charge in [-0.05, 0) is 12.0 Å². The van der Waals surface area contributed by atoms with Crippen LogP contribution in [0.4, 0.5) is 5.69 Å². The van der Waals surface area contributed by atoms with Gasteiger partial charge in [-0.3, -0.25) is 9.59 Å². The van der Waals surface area contributed by atoms with Gasteiger partial charge in [-0.25, -0.2) is 0 Å². The highest BCUT2D eigenvalue weighted by Gasteiger charge is 2.15. The summed E-state index contributed by atoms with van der Waals surface area (Å²) in [4.78, 5) is 23.2. The molecule has 4 N–H and O–H groups in total. The lowest BCUT2D eigenvalue weighted by atomic mass is 10.1. The molecule has 0 saturated heterocycles. The highest BCUT2D eigenvalue weighted by atomic mass is 16.3. The first kappa shape index (κ1) is 14.2. The van der Waals surface area contributed by atoms with Gasteiger partial charge in [0, 0.05) is 18.0 Å². The smallest absolute Gasteiger partial charge is 0.251 e. The average molecular weight is 253 g/mol. The number of rotatable bonds is 5. The lowest BCUT2D eigenvalue weighted by Gasteiger charge is -2.20. The highest BCUT2D eigenvalue weighted by Crippen LogP contribution is 2.01. The molecule has 1 heterocycles. The van der Waals surface area contributed by atoms with E-state index in [1.807, 2.05) is 13.8 Å². The molecule has 1 atom stereocenters. The molecular weight excluding hydrogens is 234 g/mol. The molecule has 0 spiro atoms. The van der Waals surface area contributed by atoms with Crippen molar-refractivity contribution >= 4 is 11.6 Å². The van der Waals surface area contributed by atoms with Crippen molar-refractivity contribution in [1.29, 1.82) is 0 Å². The Labute approximate surface area is 105 Å². The Balaban J connectivity index is 2.70. The van der Waals surface area contributed by atoms with E-state index in [1.54, 1.807) is 0 Å². The molecule has 1 aromatic rings. The van der Waals surface area contributed by atoms with Crippen LogP contribution >= 0.6 is 0 Å². The number of hydrogen-bond donors (Lipinski definition) is 3. The molecule has 0 aliphatic heterocycles. The zero-order valence-electron chi connectivity index (χ0n) is 10.6. The Kier molecular flexibility index (Phi) is 4.91. The summed E-state index contributed by atoms with van der Waals surface area (Å²) in [6, 6.07) is 2.49. The number of anilines is 1. The number of amides is 1. The summed E-state index contributed by atoms with van der Waals surface area (Å²) >= 11 is 0. The van der Waals surface area contributed by atoms with Gasteiger partial charge in [0.1, 0.15) is 6.54 Å². The maximum atomic E-state index is 11.7. The number of aromatic nitrogens is 1. The fraction of sp³-hybridized carbons (Fsp3) is 0.500.